The number of benzene rings is 1. The van der Waals surface area contributed by atoms with Crippen LogP contribution in [0.1, 0.15) is 32.8 Å². The molecule has 0 aliphatic carbocycles. The molecule has 6 heteroatoms. The van der Waals surface area contributed by atoms with E-state index in [0.29, 0.717) is 26.3 Å². The number of ether oxygens (including phenoxy) is 2. The van der Waals surface area contributed by atoms with Gasteiger partial charge in [-0.25, -0.2) is 0 Å². The Labute approximate surface area is 144 Å². The lowest BCUT2D eigenvalue weighted by Gasteiger charge is -2.27. The Morgan fingerprint density at radius 2 is 1.92 bits per heavy atom. The number of methoxy groups -OCH3 is 1. The molecule has 134 valence electrons. The summed E-state index contributed by atoms with van der Waals surface area (Å²) < 4.78 is 10.4. The molecule has 0 radical (unpaired) electrons. The van der Waals surface area contributed by atoms with Crippen LogP contribution < -0.4 is 10.1 Å². The number of amides is 2. The van der Waals surface area contributed by atoms with Gasteiger partial charge in [0.2, 0.25) is 11.8 Å². The average molecular weight is 336 g/mol. The monoisotopic (exact) mass is 336 g/mol. The van der Waals surface area contributed by atoms with Crippen molar-refractivity contribution in [2.75, 3.05) is 26.9 Å². The lowest BCUT2D eigenvalue weighted by molar-refractivity contribution is -0.139. The first-order valence-corrected chi connectivity index (χ1v) is 8.25. The molecule has 2 amide bonds. The van der Waals surface area contributed by atoms with E-state index in [0.717, 1.165) is 17.7 Å². The molecule has 24 heavy (non-hydrogen) atoms. The lowest BCUT2D eigenvalue weighted by atomic mass is 10.1. The Hall–Kier alpha value is -2.08. The molecule has 0 aromatic heterocycles. The van der Waals surface area contributed by atoms with E-state index in [1.165, 1.54) is 6.92 Å². The van der Waals surface area contributed by atoms with E-state index in [9.17, 15) is 9.59 Å². The maximum absolute atomic E-state index is 12.2. The van der Waals surface area contributed by atoms with Crippen molar-refractivity contribution in [1.82, 2.24) is 10.2 Å². The molecule has 0 aliphatic rings. The smallest absolute Gasteiger partial charge is 0.242 e. The third kappa shape index (κ3) is 6.58. The molecule has 6 nitrogen and oxygen atoms in total. The predicted molar refractivity (Wildman–Crippen MR) is 92.8 cm³/mol. The van der Waals surface area contributed by atoms with Crippen LogP contribution in [0.4, 0.5) is 0 Å². The number of hydrogen-bond donors (Lipinski definition) is 1. The second kappa shape index (κ2) is 10.6. The average Bonchev–Trinajstić information content (AvgIpc) is 2.59. The van der Waals surface area contributed by atoms with Crippen LogP contribution in [0.2, 0.25) is 0 Å². The molecule has 1 aromatic carbocycles. The fourth-order valence-corrected chi connectivity index (χ4v) is 2.27. The predicted octanol–water partition coefficient (Wildman–Crippen LogP) is 1.97. The zero-order valence-electron chi connectivity index (χ0n) is 15.0. The summed E-state index contributed by atoms with van der Waals surface area (Å²) in [6.07, 6.45) is 0.755. The van der Waals surface area contributed by atoms with Crippen LogP contribution in [-0.4, -0.2) is 49.6 Å². The third-order valence-electron chi connectivity index (χ3n) is 3.73. The van der Waals surface area contributed by atoms with Crippen molar-refractivity contribution >= 4 is 11.8 Å². The standard InChI is InChI=1S/C18H28N2O4/c1-5-24-12-6-11-19-18(22)14(2)20(15(3)21)13-16-7-9-17(23-4)10-8-16/h7-10,14H,5-6,11-13H2,1-4H3,(H,19,22)/t14-/m1/s1. The molecular formula is C18H28N2O4. The molecular weight excluding hydrogens is 308 g/mol. The Morgan fingerprint density at radius 3 is 2.46 bits per heavy atom. The molecule has 0 aliphatic heterocycles. The van der Waals surface area contributed by atoms with Gasteiger partial charge in [-0.05, 0) is 38.0 Å². The summed E-state index contributed by atoms with van der Waals surface area (Å²) in [6, 6.07) is 6.93. The lowest BCUT2D eigenvalue weighted by Crippen LogP contribution is -2.47. The minimum atomic E-state index is -0.531. The number of carbonyl (C=O) groups is 2. The van der Waals surface area contributed by atoms with Gasteiger partial charge >= 0.3 is 0 Å². The van der Waals surface area contributed by atoms with E-state index in [4.69, 9.17) is 9.47 Å². The van der Waals surface area contributed by atoms with Gasteiger partial charge < -0.3 is 19.7 Å². The van der Waals surface area contributed by atoms with Gasteiger partial charge in [0.25, 0.3) is 0 Å². The van der Waals surface area contributed by atoms with Crippen LogP contribution in [0.5, 0.6) is 5.75 Å². The second-order valence-corrected chi connectivity index (χ2v) is 5.51. The molecule has 1 atom stereocenters. The van der Waals surface area contributed by atoms with Crippen molar-refractivity contribution in [2.24, 2.45) is 0 Å². The van der Waals surface area contributed by atoms with Gasteiger partial charge in [-0.15, -0.1) is 0 Å². The van der Waals surface area contributed by atoms with E-state index >= 15 is 0 Å². The van der Waals surface area contributed by atoms with Crippen molar-refractivity contribution in [3.63, 3.8) is 0 Å². The number of nitrogens with one attached hydrogen (secondary N) is 1. The highest BCUT2D eigenvalue weighted by Gasteiger charge is 2.23. The van der Waals surface area contributed by atoms with Gasteiger partial charge in [0.1, 0.15) is 11.8 Å². The summed E-state index contributed by atoms with van der Waals surface area (Å²) in [5.74, 6) is 0.464. The summed E-state index contributed by atoms with van der Waals surface area (Å²) in [5.41, 5.74) is 0.946. The molecule has 1 rings (SSSR count). The van der Waals surface area contributed by atoms with Crippen LogP contribution >= 0.6 is 0 Å². The van der Waals surface area contributed by atoms with Crippen molar-refractivity contribution in [3.8, 4) is 5.75 Å². The van der Waals surface area contributed by atoms with Crippen molar-refractivity contribution in [3.05, 3.63) is 29.8 Å². The van der Waals surface area contributed by atoms with Crippen LogP contribution in [0.3, 0.4) is 0 Å². The van der Waals surface area contributed by atoms with Crippen molar-refractivity contribution in [1.29, 1.82) is 0 Å². The highest BCUT2D eigenvalue weighted by atomic mass is 16.5. The van der Waals surface area contributed by atoms with E-state index in [2.05, 4.69) is 5.32 Å². The van der Waals surface area contributed by atoms with Gasteiger partial charge in [-0.2, -0.15) is 0 Å². The normalized spacial score (nSPS) is 11.7. The first-order chi connectivity index (χ1) is 11.5. The number of carbonyl (C=O) groups excluding carboxylic acids is 2. The number of hydrogen-bond acceptors (Lipinski definition) is 4. The molecule has 1 aromatic rings. The maximum atomic E-state index is 12.2. The minimum absolute atomic E-state index is 0.136. The van der Waals surface area contributed by atoms with Crippen molar-refractivity contribution in [2.45, 2.75) is 39.8 Å². The molecule has 0 saturated heterocycles. The van der Waals surface area contributed by atoms with Gasteiger partial charge in [0, 0.05) is 33.2 Å². The molecule has 0 fully saturated rings. The topological polar surface area (TPSA) is 67.9 Å². The fourth-order valence-electron chi connectivity index (χ4n) is 2.27. The quantitative estimate of drug-likeness (QED) is 0.663. The van der Waals surface area contributed by atoms with Gasteiger partial charge in [0.15, 0.2) is 0 Å². The Bertz CT molecular complexity index is 516. The Morgan fingerprint density at radius 1 is 1.25 bits per heavy atom. The molecule has 0 heterocycles. The van der Waals surface area contributed by atoms with E-state index in [-0.39, 0.29) is 11.8 Å². The van der Waals surface area contributed by atoms with E-state index < -0.39 is 6.04 Å². The molecule has 0 saturated carbocycles. The zero-order valence-corrected chi connectivity index (χ0v) is 15.0. The Kier molecular flexibility index (Phi) is 8.86. The largest absolute Gasteiger partial charge is 0.497 e. The fraction of sp³-hybridized carbons (Fsp3) is 0.556. The summed E-state index contributed by atoms with van der Waals surface area (Å²) >= 11 is 0. The number of rotatable bonds is 10. The molecule has 0 bridgehead atoms. The second-order valence-electron chi connectivity index (χ2n) is 5.51. The summed E-state index contributed by atoms with van der Waals surface area (Å²) in [6.45, 7) is 7.36. The van der Waals surface area contributed by atoms with Crippen LogP contribution in [0.15, 0.2) is 24.3 Å². The molecule has 1 N–H and O–H groups in total. The summed E-state index contributed by atoms with van der Waals surface area (Å²) in [7, 11) is 1.61. The van der Waals surface area contributed by atoms with E-state index in [1.807, 2.05) is 31.2 Å². The van der Waals surface area contributed by atoms with Gasteiger partial charge in [-0.3, -0.25) is 9.59 Å². The highest BCUT2D eigenvalue weighted by Crippen LogP contribution is 2.14. The Balaban J connectivity index is 2.58. The van der Waals surface area contributed by atoms with Crippen LogP contribution in [0.25, 0.3) is 0 Å². The van der Waals surface area contributed by atoms with Gasteiger partial charge in [-0.1, -0.05) is 12.1 Å². The van der Waals surface area contributed by atoms with Crippen LogP contribution in [-0.2, 0) is 20.9 Å². The minimum Gasteiger partial charge on any atom is -0.497 e. The summed E-state index contributed by atoms with van der Waals surface area (Å²) in [5, 5.41) is 2.85. The first-order valence-electron chi connectivity index (χ1n) is 8.25. The maximum Gasteiger partial charge on any atom is 0.242 e. The van der Waals surface area contributed by atoms with Crippen LogP contribution in [0, 0.1) is 0 Å². The van der Waals surface area contributed by atoms with E-state index in [1.54, 1.807) is 18.9 Å². The number of nitrogens with zero attached hydrogens (tertiary/aromatic N) is 1. The third-order valence-corrected chi connectivity index (χ3v) is 3.73. The highest BCUT2D eigenvalue weighted by molar-refractivity contribution is 5.86. The summed E-state index contributed by atoms with van der Waals surface area (Å²) in [4.78, 5) is 25.7. The SMILES string of the molecule is CCOCCCNC(=O)[C@@H](C)N(Cc1ccc(OC)cc1)C(C)=O. The first kappa shape index (κ1) is 20.0. The molecule has 0 spiro atoms. The molecule has 0 unspecified atom stereocenters. The van der Waals surface area contributed by atoms with Gasteiger partial charge in [0.05, 0.1) is 7.11 Å². The van der Waals surface area contributed by atoms with Crippen molar-refractivity contribution < 1.29 is 19.1 Å². The zero-order chi connectivity index (χ0) is 17.9.